The van der Waals surface area contributed by atoms with Crippen LogP contribution in [0.4, 0.5) is 0 Å². The molecule has 0 aliphatic rings. The first kappa shape index (κ1) is 17.5. The highest BCUT2D eigenvalue weighted by atomic mass is 16.3. The number of nitrogens with one attached hydrogen (secondary N) is 2. The van der Waals surface area contributed by atoms with Crippen LogP contribution in [0.15, 0.2) is 77.9 Å². The zero-order valence-electron chi connectivity index (χ0n) is 15.2. The molecule has 0 unspecified atom stereocenters. The van der Waals surface area contributed by atoms with Gasteiger partial charge in [0.05, 0.1) is 11.4 Å². The van der Waals surface area contributed by atoms with Gasteiger partial charge in [0.2, 0.25) is 0 Å². The summed E-state index contributed by atoms with van der Waals surface area (Å²) in [6, 6.07) is 22.3. The number of phenols is 1. The molecule has 1 aromatic heterocycles. The molecule has 0 aliphatic heterocycles. The summed E-state index contributed by atoms with van der Waals surface area (Å²) in [6.07, 6.45) is 0. The fraction of sp³-hybridized carbons (Fsp3) is 0.0455. The predicted octanol–water partition coefficient (Wildman–Crippen LogP) is 4.09. The number of aromatic hydroxyl groups is 1. The Balaban J connectivity index is 1.54. The molecule has 28 heavy (non-hydrogen) atoms. The summed E-state index contributed by atoms with van der Waals surface area (Å²) in [5, 5.41) is 22.7. The molecular weight excluding hydrogens is 352 g/mol. The Bertz CT molecular complexity index is 1170. The fourth-order valence-electron chi connectivity index (χ4n) is 2.99. The number of fused-ring (bicyclic) bond motifs is 1. The molecular formula is C22H18N4O2. The molecule has 0 spiro atoms. The lowest BCUT2D eigenvalue weighted by Gasteiger charge is -2.03. The highest BCUT2D eigenvalue weighted by Gasteiger charge is 2.12. The van der Waals surface area contributed by atoms with Crippen molar-refractivity contribution in [3.05, 3.63) is 84.1 Å². The van der Waals surface area contributed by atoms with Gasteiger partial charge in [-0.1, -0.05) is 42.5 Å². The Hall–Kier alpha value is -3.93. The zero-order valence-corrected chi connectivity index (χ0v) is 15.2. The number of hydrazone groups is 1. The first-order valence-electron chi connectivity index (χ1n) is 8.79. The number of aromatic amines is 1. The topological polar surface area (TPSA) is 90.4 Å². The van der Waals surface area contributed by atoms with Gasteiger partial charge < -0.3 is 5.11 Å². The van der Waals surface area contributed by atoms with E-state index in [9.17, 15) is 9.90 Å². The van der Waals surface area contributed by atoms with E-state index in [1.807, 2.05) is 42.5 Å². The molecule has 0 bridgehead atoms. The van der Waals surface area contributed by atoms with Crippen LogP contribution >= 0.6 is 0 Å². The van der Waals surface area contributed by atoms with Crippen molar-refractivity contribution in [2.45, 2.75) is 6.92 Å². The van der Waals surface area contributed by atoms with Crippen molar-refractivity contribution in [2.75, 3.05) is 0 Å². The fourth-order valence-corrected chi connectivity index (χ4v) is 2.99. The SMILES string of the molecule is C/C(=N\NC(=O)c1cc(-c2cccc3ccccc23)n[nH]1)c1ccc(O)cc1. The van der Waals surface area contributed by atoms with Gasteiger partial charge in [-0.3, -0.25) is 9.89 Å². The van der Waals surface area contributed by atoms with Crippen molar-refractivity contribution in [2.24, 2.45) is 5.10 Å². The number of amides is 1. The van der Waals surface area contributed by atoms with Gasteiger partial charge >= 0.3 is 0 Å². The number of hydrogen-bond acceptors (Lipinski definition) is 4. The van der Waals surface area contributed by atoms with E-state index in [2.05, 4.69) is 20.7 Å². The molecule has 1 amide bonds. The van der Waals surface area contributed by atoms with Crippen molar-refractivity contribution in [1.82, 2.24) is 15.6 Å². The summed E-state index contributed by atoms with van der Waals surface area (Å²) in [7, 11) is 0. The average Bonchev–Trinajstić information content (AvgIpc) is 3.22. The van der Waals surface area contributed by atoms with E-state index in [0.717, 1.165) is 21.9 Å². The molecule has 0 atom stereocenters. The minimum atomic E-state index is -0.378. The molecule has 0 fully saturated rings. The minimum Gasteiger partial charge on any atom is -0.508 e. The average molecular weight is 370 g/mol. The van der Waals surface area contributed by atoms with Gasteiger partial charge in [-0.2, -0.15) is 10.2 Å². The van der Waals surface area contributed by atoms with E-state index >= 15 is 0 Å². The number of rotatable bonds is 4. The maximum atomic E-state index is 12.4. The number of carbonyl (C=O) groups excluding carboxylic acids is 1. The Kier molecular flexibility index (Phi) is 4.60. The molecule has 4 aromatic rings. The number of nitrogens with zero attached hydrogens (tertiary/aromatic N) is 2. The van der Waals surface area contributed by atoms with Gasteiger partial charge in [-0.05, 0) is 53.6 Å². The van der Waals surface area contributed by atoms with E-state index in [4.69, 9.17) is 0 Å². The first-order valence-corrected chi connectivity index (χ1v) is 8.79. The van der Waals surface area contributed by atoms with E-state index in [-0.39, 0.29) is 11.7 Å². The van der Waals surface area contributed by atoms with Crippen LogP contribution in [0.2, 0.25) is 0 Å². The molecule has 3 aromatic carbocycles. The molecule has 0 saturated carbocycles. The molecule has 6 heteroatoms. The van der Waals surface area contributed by atoms with Gasteiger partial charge in [0, 0.05) is 5.56 Å². The van der Waals surface area contributed by atoms with Crippen LogP contribution in [-0.2, 0) is 0 Å². The zero-order chi connectivity index (χ0) is 19.5. The third kappa shape index (κ3) is 3.48. The minimum absolute atomic E-state index is 0.180. The van der Waals surface area contributed by atoms with Gasteiger partial charge in [0.1, 0.15) is 11.4 Å². The third-order valence-corrected chi connectivity index (χ3v) is 4.50. The molecule has 138 valence electrons. The lowest BCUT2D eigenvalue weighted by Crippen LogP contribution is -2.19. The highest BCUT2D eigenvalue weighted by Crippen LogP contribution is 2.27. The van der Waals surface area contributed by atoms with Gasteiger partial charge in [-0.25, -0.2) is 5.43 Å². The molecule has 6 nitrogen and oxygen atoms in total. The number of hydrogen-bond donors (Lipinski definition) is 3. The van der Waals surface area contributed by atoms with Crippen molar-refractivity contribution in [3.63, 3.8) is 0 Å². The predicted molar refractivity (Wildman–Crippen MR) is 109 cm³/mol. The second kappa shape index (κ2) is 7.36. The van der Waals surface area contributed by atoms with Crippen molar-refractivity contribution in [3.8, 4) is 17.0 Å². The Morgan fingerprint density at radius 1 is 1.04 bits per heavy atom. The molecule has 0 radical (unpaired) electrons. The molecule has 0 aliphatic carbocycles. The van der Waals surface area contributed by atoms with Gasteiger partial charge in [0.15, 0.2) is 0 Å². The number of H-pyrrole nitrogens is 1. The number of carbonyl (C=O) groups is 1. The Labute approximate surface area is 161 Å². The molecule has 3 N–H and O–H groups in total. The van der Waals surface area contributed by atoms with Crippen LogP contribution in [0.25, 0.3) is 22.0 Å². The van der Waals surface area contributed by atoms with Crippen molar-refractivity contribution in [1.29, 1.82) is 0 Å². The van der Waals surface area contributed by atoms with Crippen LogP contribution in [0.5, 0.6) is 5.75 Å². The van der Waals surface area contributed by atoms with E-state index in [1.165, 1.54) is 0 Å². The maximum Gasteiger partial charge on any atom is 0.289 e. The third-order valence-electron chi connectivity index (χ3n) is 4.50. The lowest BCUT2D eigenvalue weighted by atomic mass is 10.0. The summed E-state index contributed by atoms with van der Waals surface area (Å²) in [5.41, 5.74) is 5.94. The van der Waals surface area contributed by atoms with Crippen LogP contribution in [0.3, 0.4) is 0 Å². The standard InChI is InChI=1S/C22H18N4O2/c1-14(15-9-11-17(27)12-10-15)23-26-22(28)21-13-20(24-25-21)19-8-4-6-16-5-2-3-7-18(16)19/h2-13,27H,1H3,(H,24,25)(H,26,28)/b23-14+. The quantitative estimate of drug-likeness (QED) is 0.373. The van der Waals surface area contributed by atoms with E-state index < -0.39 is 0 Å². The maximum absolute atomic E-state index is 12.4. The van der Waals surface area contributed by atoms with Crippen LogP contribution in [-0.4, -0.2) is 26.9 Å². The van der Waals surface area contributed by atoms with Gasteiger partial charge in [0.25, 0.3) is 5.91 Å². The lowest BCUT2D eigenvalue weighted by molar-refractivity contribution is 0.0950. The first-order chi connectivity index (χ1) is 13.6. The van der Waals surface area contributed by atoms with E-state index in [1.54, 1.807) is 37.3 Å². The smallest absolute Gasteiger partial charge is 0.289 e. The Morgan fingerprint density at radius 3 is 2.61 bits per heavy atom. The second-order valence-electron chi connectivity index (χ2n) is 6.38. The van der Waals surface area contributed by atoms with Crippen LogP contribution < -0.4 is 5.43 Å². The summed E-state index contributed by atoms with van der Waals surface area (Å²) >= 11 is 0. The van der Waals surface area contributed by atoms with Crippen molar-refractivity contribution < 1.29 is 9.90 Å². The van der Waals surface area contributed by atoms with Crippen LogP contribution in [0.1, 0.15) is 23.0 Å². The molecule has 0 saturated heterocycles. The van der Waals surface area contributed by atoms with Crippen molar-refractivity contribution >= 4 is 22.4 Å². The van der Waals surface area contributed by atoms with Gasteiger partial charge in [-0.15, -0.1) is 0 Å². The summed E-state index contributed by atoms with van der Waals surface area (Å²) in [4.78, 5) is 12.4. The number of phenolic OH excluding ortho intramolecular Hbond substituents is 1. The molecule has 4 rings (SSSR count). The highest BCUT2D eigenvalue weighted by molar-refractivity contribution is 6.01. The Morgan fingerprint density at radius 2 is 1.79 bits per heavy atom. The largest absolute Gasteiger partial charge is 0.508 e. The van der Waals surface area contributed by atoms with Crippen LogP contribution in [0, 0.1) is 0 Å². The summed E-state index contributed by atoms with van der Waals surface area (Å²) < 4.78 is 0. The summed E-state index contributed by atoms with van der Waals surface area (Å²) in [6.45, 7) is 1.78. The second-order valence-corrected chi connectivity index (χ2v) is 6.38. The normalized spacial score (nSPS) is 11.5. The molecule has 1 heterocycles. The number of aromatic nitrogens is 2. The monoisotopic (exact) mass is 370 g/mol. The summed E-state index contributed by atoms with van der Waals surface area (Å²) in [5.74, 6) is -0.198. The van der Waals surface area contributed by atoms with E-state index in [0.29, 0.717) is 17.1 Å². The number of benzene rings is 3.